The normalized spacial score (nSPS) is 21.6. The summed E-state index contributed by atoms with van der Waals surface area (Å²) in [5.74, 6) is 1.62. The van der Waals surface area contributed by atoms with E-state index in [0.29, 0.717) is 12.2 Å². The Labute approximate surface area is 206 Å². The van der Waals surface area contributed by atoms with E-state index in [1.54, 1.807) is 0 Å². The summed E-state index contributed by atoms with van der Waals surface area (Å²) in [4.78, 5) is 15.9. The third-order valence-corrected chi connectivity index (χ3v) is 8.11. The van der Waals surface area contributed by atoms with E-state index in [9.17, 15) is 4.79 Å². The maximum Gasteiger partial charge on any atom is 0.272 e. The molecule has 2 bridgehead atoms. The zero-order valence-electron chi connectivity index (χ0n) is 19.5. The standard InChI is InChI=1S/C28H31ClN4O/c29-22-11-13-24-21(16-22)10-12-25-26(31-33(27(24)25)23-4-2-1-3-5-23)28(34)30-14-15-32-17-19-6-7-20(18-32)9-8-19/h1-5,11,13,16,19-20H,6-10,12,14-15,17-18H2,(H,30,34). The van der Waals surface area contributed by atoms with Gasteiger partial charge in [0.2, 0.25) is 0 Å². The number of halogens is 1. The number of hydrogen-bond acceptors (Lipinski definition) is 3. The van der Waals surface area contributed by atoms with Gasteiger partial charge in [-0.1, -0.05) is 35.9 Å². The minimum Gasteiger partial charge on any atom is -0.349 e. The van der Waals surface area contributed by atoms with Crippen LogP contribution in [0.5, 0.6) is 0 Å². The van der Waals surface area contributed by atoms with Crippen LogP contribution in [0.15, 0.2) is 48.5 Å². The molecule has 1 amide bonds. The van der Waals surface area contributed by atoms with Crippen LogP contribution < -0.4 is 5.32 Å². The molecule has 0 atom stereocenters. The average Bonchev–Trinajstić information content (AvgIpc) is 3.00. The van der Waals surface area contributed by atoms with E-state index in [-0.39, 0.29) is 5.91 Å². The Morgan fingerprint density at radius 1 is 1.00 bits per heavy atom. The number of amides is 1. The van der Waals surface area contributed by atoms with Crippen molar-refractivity contribution in [2.45, 2.75) is 38.5 Å². The van der Waals surface area contributed by atoms with Crippen molar-refractivity contribution in [3.05, 3.63) is 70.4 Å². The third kappa shape index (κ3) is 4.16. The summed E-state index contributed by atoms with van der Waals surface area (Å²) in [5.41, 5.74) is 5.87. The van der Waals surface area contributed by atoms with E-state index in [0.717, 1.165) is 58.8 Å². The van der Waals surface area contributed by atoms with Crippen LogP contribution in [0.25, 0.3) is 16.9 Å². The van der Waals surface area contributed by atoms with Gasteiger partial charge in [-0.2, -0.15) is 5.10 Å². The van der Waals surface area contributed by atoms with Crippen molar-refractivity contribution < 1.29 is 4.79 Å². The SMILES string of the molecule is O=C(NCCN1CC2CCC(CC2)C1)c1nn(-c2ccccc2)c2c1CCc1cc(Cl)ccc1-2. The van der Waals surface area contributed by atoms with Gasteiger partial charge < -0.3 is 10.2 Å². The second-order valence-electron chi connectivity index (χ2n) is 10.1. The molecule has 5 nitrogen and oxygen atoms in total. The first kappa shape index (κ1) is 21.9. The van der Waals surface area contributed by atoms with Gasteiger partial charge in [-0.25, -0.2) is 4.68 Å². The third-order valence-electron chi connectivity index (χ3n) is 7.88. The lowest BCUT2D eigenvalue weighted by Crippen LogP contribution is -2.37. The molecule has 3 heterocycles. The molecule has 7 rings (SSSR count). The average molecular weight is 475 g/mol. The molecule has 2 aliphatic heterocycles. The van der Waals surface area contributed by atoms with Crippen molar-refractivity contribution in [2.24, 2.45) is 11.8 Å². The molecule has 0 unspecified atom stereocenters. The summed E-state index contributed by atoms with van der Waals surface area (Å²) in [6, 6.07) is 16.1. The molecular formula is C28H31ClN4O. The highest BCUT2D eigenvalue weighted by Crippen LogP contribution is 2.38. The molecule has 3 aromatic rings. The van der Waals surface area contributed by atoms with Gasteiger partial charge in [-0.05, 0) is 80.2 Å². The van der Waals surface area contributed by atoms with E-state index in [1.165, 1.54) is 44.3 Å². The van der Waals surface area contributed by atoms with E-state index < -0.39 is 0 Å². The van der Waals surface area contributed by atoms with E-state index in [1.807, 2.05) is 47.1 Å². The quantitative estimate of drug-likeness (QED) is 0.556. The minimum atomic E-state index is -0.0684. The second-order valence-corrected chi connectivity index (χ2v) is 10.6. The Morgan fingerprint density at radius 2 is 1.74 bits per heavy atom. The fraction of sp³-hybridized carbons (Fsp3) is 0.429. The monoisotopic (exact) mass is 474 g/mol. The Kier molecular flexibility index (Phi) is 5.92. The summed E-state index contributed by atoms with van der Waals surface area (Å²) in [6.07, 6.45) is 7.16. The van der Waals surface area contributed by atoms with Gasteiger partial charge in [0, 0.05) is 42.3 Å². The number of para-hydroxylation sites is 1. The molecule has 1 saturated carbocycles. The predicted octanol–water partition coefficient (Wildman–Crippen LogP) is 5.14. The molecule has 3 fully saturated rings. The fourth-order valence-corrected chi connectivity index (χ4v) is 6.35. The number of carbonyl (C=O) groups excluding carboxylic acids is 1. The number of aromatic nitrogens is 2. The number of nitrogens with one attached hydrogen (secondary N) is 1. The van der Waals surface area contributed by atoms with Crippen molar-refractivity contribution in [3.8, 4) is 16.9 Å². The minimum absolute atomic E-state index is 0.0684. The van der Waals surface area contributed by atoms with Gasteiger partial charge in [-0.15, -0.1) is 0 Å². The number of nitrogens with zero attached hydrogens (tertiary/aromatic N) is 3. The molecular weight excluding hydrogens is 444 g/mol. The zero-order valence-corrected chi connectivity index (χ0v) is 20.2. The van der Waals surface area contributed by atoms with Crippen LogP contribution >= 0.6 is 11.6 Å². The van der Waals surface area contributed by atoms with Crippen molar-refractivity contribution in [1.29, 1.82) is 0 Å². The smallest absolute Gasteiger partial charge is 0.272 e. The van der Waals surface area contributed by atoms with Crippen molar-refractivity contribution in [1.82, 2.24) is 20.0 Å². The van der Waals surface area contributed by atoms with Gasteiger partial charge >= 0.3 is 0 Å². The molecule has 4 aliphatic rings. The van der Waals surface area contributed by atoms with Crippen LogP contribution in [0.1, 0.15) is 47.3 Å². The van der Waals surface area contributed by atoms with Gasteiger partial charge in [-0.3, -0.25) is 4.79 Å². The predicted molar refractivity (Wildman–Crippen MR) is 136 cm³/mol. The number of carbonyl (C=O) groups is 1. The molecule has 34 heavy (non-hydrogen) atoms. The van der Waals surface area contributed by atoms with E-state index >= 15 is 0 Å². The molecule has 2 aliphatic carbocycles. The first-order chi connectivity index (χ1) is 16.7. The highest BCUT2D eigenvalue weighted by Gasteiger charge is 2.31. The van der Waals surface area contributed by atoms with Gasteiger partial charge in [0.1, 0.15) is 0 Å². The number of aryl methyl sites for hydroxylation is 1. The Bertz CT molecular complexity index is 1180. The van der Waals surface area contributed by atoms with E-state index in [2.05, 4.69) is 16.3 Å². The Balaban J connectivity index is 1.26. The maximum atomic E-state index is 13.4. The highest BCUT2D eigenvalue weighted by atomic mass is 35.5. The molecule has 2 saturated heterocycles. The van der Waals surface area contributed by atoms with Crippen LogP contribution in [0.2, 0.25) is 5.02 Å². The number of rotatable bonds is 5. The first-order valence-electron chi connectivity index (χ1n) is 12.6. The molecule has 176 valence electrons. The molecule has 2 aromatic carbocycles. The maximum absolute atomic E-state index is 13.4. The zero-order chi connectivity index (χ0) is 23.1. The van der Waals surface area contributed by atoms with Crippen LogP contribution in [0.3, 0.4) is 0 Å². The van der Waals surface area contributed by atoms with E-state index in [4.69, 9.17) is 16.7 Å². The summed E-state index contributed by atoms with van der Waals surface area (Å²) in [7, 11) is 0. The number of fused-ring (bicyclic) bond motifs is 7. The lowest BCUT2D eigenvalue weighted by molar-refractivity contribution is 0.0941. The molecule has 6 heteroatoms. The van der Waals surface area contributed by atoms with Crippen LogP contribution in [0.4, 0.5) is 0 Å². The van der Waals surface area contributed by atoms with Crippen LogP contribution in [-0.2, 0) is 12.8 Å². The lowest BCUT2D eigenvalue weighted by Gasteiger charge is -2.22. The Hall–Kier alpha value is -2.63. The van der Waals surface area contributed by atoms with Crippen LogP contribution in [-0.4, -0.2) is 46.8 Å². The first-order valence-corrected chi connectivity index (χ1v) is 13.0. The molecule has 1 aromatic heterocycles. The Morgan fingerprint density at radius 3 is 2.47 bits per heavy atom. The van der Waals surface area contributed by atoms with Gasteiger partial charge in [0.15, 0.2) is 5.69 Å². The van der Waals surface area contributed by atoms with Crippen molar-refractivity contribution in [3.63, 3.8) is 0 Å². The molecule has 1 N–H and O–H groups in total. The van der Waals surface area contributed by atoms with Crippen molar-refractivity contribution in [2.75, 3.05) is 26.2 Å². The lowest BCUT2D eigenvalue weighted by atomic mass is 9.84. The summed E-state index contributed by atoms with van der Waals surface area (Å²) in [5, 5.41) is 8.79. The van der Waals surface area contributed by atoms with Crippen molar-refractivity contribution >= 4 is 17.5 Å². The largest absolute Gasteiger partial charge is 0.349 e. The summed E-state index contributed by atoms with van der Waals surface area (Å²) in [6.45, 7) is 3.95. The van der Waals surface area contributed by atoms with Crippen LogP contribution in [0, 0.1) is 11.8 Å². The summed E-state index contributed by atoms with van der Waals surface area (Å²) < 4.78 is 1.93. The van der Waals surface area contributed by atoms with Gasteiger partial charge in [0.05, 0.1) is 11.4 Å². The highest BCUT2D eigenvalue weighted by molar-refractivity contribution is 6.30. The topological polar surface area (TPSA) is 50.2 Å². The number of hydrogen-bond donors (Lipinski definition) is 1. The molecule has 0 spiro atoms. The van der Waals surface area contributed by atoms with Gasteiger partial charge in [0.25, 0.3) is 5.91 Å². The fourth-order valence-electron chi connectivity index (χ4n) is 6.16. The molecule has 0 radical (unpaired) electrons. The number of benzene rings is 2. The summed E-state index contributed by atoms with van der Waals surface area (Å²) >= 11 is 6.28. The second kappa shape index (κ2) is 9.20.